The third-order valence-corrected chi connectivity index (χ3v) is 3.78. The van der Waals surface area contributed by atoms with Gasteiger partial charge in [0.2, 0.25) is 0 Å². The highest BCUT2D eigenvalue weighted by molar-refractivity contribution is 9.10. The maximum Gasteiger partial charge on any atom is 0.0488 e. The Morgan fingerprint density at radius 3 is 2.57 bits per heavy atom. The Kier molecular flexibility index (Phi) is 4.75. The molecule has 0 spiro atoms. The molecule has 1 aromatic carbocycles. The van der Waals surface area contributed by atoms with Crippen LogP contribution in [-0.4, -0.2) is 0 Å². The van der Waals surface area contributed by atoms with Crippen molar-refractivity contribution < 1.29 is 0 Å². The lowest BCUT2D eigenvalue weighted by Crippen LogP contribution is -1.95. The molecule has 1 unspecified atom stereocenters. The van der Waals surface area contributed by atoms with Crippen molar-refractivity contribution in [3.63, 3.8) is 0 Å². The summed E-state index contributed by atoms with van der Waals surface area (Å²) in [5, 5.41) is 0.735. The fourth-order valence-corrected chi connectivity index (χ4v) is 2.70. The Hall–Kier alpha value is 0.280. The monoisotopic (exact) mass is 294 g/mol. The summed E-state index contributed by atoms with van der Waals surface area (Å²) in [6.07, 6.45) is 1.11. The Morgan fingerprint density at radius 2 is 2.07 bits per heavy atom. The number of hydrogen-bond acceptors (Lipinski definition) is 0. The molecule has 1 aromatic rings. The average molecular weight is 296 g/mol. The average Bonchev–Trinajstić information content (AvgIpc) is 2.17. The van der Waals surface area contributed by atoms with E-state index in [9.17, 15) is 0 Å². The maximum atomic E-state index is 6.04. The van der Waals surface area contributed by atoms with E-state index in [-0.39, 0.29) is 0 Å². The zero-order valence-corrected chi connectivity index (χ0v) is 11.4. The van der Waals surface area contributed by atoms with Crippen LogP contribution in [0.5, 0.6) is 0 Å². The van der Waals surface area contributed by atoms with Crippen LogP contribution in [0.1, 0.15) is 37.3 Å². The second-order valence-electron chi connectivity index (χ2n) is 3.41. The molecule has 0 aliphatic heterocycles. The fraction of sp³-hybridized carbons (Fsp3) is 0.455. The van der Waals surface area contributed by atoms with Gasteiger partial charge in [-0.1, -0.05) is 47.4 Å². The molecule has 3 heteroatoms. The van der Waals surface area contributed by atoms with Crippen LogP contribution in [0.2, 0.25) is 5.02 Å². The third kappa shape index (κ3) is 2.65. The van der Waals surface area contributed by atoms with Crippen LogP contribution < -0.4 is 0 Å². The highest BCUT2D eigenvalue weighted by Crippen LogP contribution is 2.32. The molecule has 0 saturated carbocycles. The van der Waals surface area contributed by atoms with Crippen LogP contribution in [-0.2, 0) is 5.88 Å². The van der Waals surface area contributed by atoms with Crippen molar-refractivity contribution in [2.75, 3.05) is 0 Å². The highest BCUT2D eigenvalue weighted by Gasteiger charge is 2.10. The van der Waals surface area contributed by atoms with Gasteiger partial charge < -0.3 is 0 Å². The standard InChI is InChI=1S/C11H13BrCl2/c1-3-7(2)9-4-8(6-13)11(14)5-10(9)12/h4-5,7H,3,6H2,1-2H3. The predicted molar refractivity (Wildman–Crippen MR) is 67.4 cm³/mol. The van der Waals surface area contributed by atoms with Crippen molar-refractivity contribution in [2.24, 2.45) is 0 Å². The van der Waals surface area contributed by atoms with Gasteiger partial charge in [-0.05, 0) is 29.5 Å². The molecule has 0 aromatic heterocycles. The van der Waals surface area contributed by atoms with Crippen LogP contribution in [0.15, 0.2) is 16.6 Å². The van der Waals surface area contributed by atoms with Gasteiger partial charge >= 0.3 is 0 Å². The zero-order valence-electron chi connectivity index (χ0n) is 8.28. The van der Waals surface area contributed by atoms with Crippen LogP contribution in [0.4, 0.5) is 0 Å². The van der Waals surface area contributed by atoms with Crippen molar-refractivity contribution in [3.05, 3.63) is 32.8 Å². The lowest BCUT2D eigenvalue weighted by molar-refractivity contribution is 0.729. The maximum absolute atomic E-state index is 6.04. The van der Waals surface area contributed by atoms with Crippen LogP contribution >= 0.6 is 39.1 Å². The molecule has 1 rings (SSSR count). The first-order valence-electron chi connectivity index (χ1n) is 4.63. The van der Waals surface area contributed by atoms with Crippen LogP contribution in [0.25, 0.3) is 0 Å². The molecule has 0 bridgehead atoms. The lowest BCUT2D eigenvalue weighted by Gasteiger charge is -2.13. The molecule has 0 aliphatic rings. The number of benzene rings is 1. The van der Waals surface area contributed by atoms with Gasteiger partial charge in [-0.3, -0.25) is 0 Å². The second-order valence-corrected chi connectivity index (χ2v) is 4.94. The van der Waals surface area contributed by atoms with Crippen molar-refractivity contribution in [1.82, 2.24) is 0 Å². The van der Waals surface area contributed by atoms with Gasteiger partial charge in [0.15, 0.2) is 0 Å². The van der Waals surface area contributed by atoms with E-state index < -0.39 is 0 Å². The van der Waals surface area contributed by atoms with Crippen molar-refractivity contribution in [3.8, 4) is 0 Å². The van der Waals surface area contributed by atoms with E-state index in [1.165, 1.54) is 5.56 Å². The molecule has 14 heavy (non-hydrogen) atoms. The summed E-state index contributed by atoms with van der Waals surface area (Å²) in [5.41, 5.74) is 2.29. The topological polar surface area (TPSA) is 0 Å². The second kappa shape index (κ2) is 5.39. The first kappa shape index (κ1) is 12.4. The Bertz CT molecular complexity index is 323. The number of hydrogen-bond donors (Lipinski definition) is 0. The molecule has 0 saturated heterocycles. The number of halogens is 3. The van der Waals surface area contributed by atoms with Gasteiger partial charge in [0, 0.05) is 15.4 Å². The fourth-order valence-electron chi connectivity index (χ4n) is 1.31. The van der Waals surface area contributed by atoms with E-state index in [0.29, 0.717) is 11.8 Å². The van der Waals surface area contributed by atoms with Gasteiger partial charge in [0.1, 0.15) is 0 Å². The van der Waals surface area contributed by atoms with Crippen molar-refractivity contribution in [2.45, 2.75) is 32.1 Å². The van der Waals surface area contributed by atoms with Crippen molar-refractivity contribution >= 4 is 39.1 Å². The van der Waals surface area contributed by atoms with E-state index in [1.54, 1.807) is 0 Å². The third-order valence-electron chi connectivity index (χ3n) is 2.45. The zero-order chi connectivity index (χ0) is 10.7. The Morgan fingerprint density at radius 1 is 1.43 bits per heavy atom. The molecular weight excluding hydrogens is 283 g/mol. The quantitative estimate of drug-likeness (QED) is 0.659. The predicted octanol–water partition coefficient (Wildman–Crippen LogP) is 5.35. The molecule has 0 radical (unpaired) electrons. The minimum absolute atomic E-state index is 0.468. The van der Waals surface area contributed by atoms with E-state index in [1.807, 2.05) is 6.07 Å². The molecule has 1 atom stereocenters. The molecule has 0 fully saturated rings. The van der Waals surface area contributed by atoms with E-state index >= 15 is 0 Å². The summed E-state index contributed by atoms with van der Waals surface area (Å²) in [7, 11) is 0. The molecule has 0 nitrogen and oxygen atoms in total. The Labute approximate surface area is 104 Å². The molecule has 78 valence electrons. The van der Waals surface area contributed by atoms with E-state index in [2.05, 4.69) is 35.8 Å². The summed E-state index contributed by atoms with van der Waals surface area (Å²) in [5.74, 6) is 0.999. The molecule has 0 aliphatic carbocycles. The normalized spacial score (nSPS) is 12.9. The smallest absolute Gasteiger partial charge is 0.0488 e. The van der Waals surface area contributed by atoms with Gasteiger partial charge in [-0.25, -0.2) is 0 Å². The molecule has 0 amide bonds. The largest absolute Gasteiger partial charge is 0.121 e. The summed E-state index contributed by atoms with van der Waals surface area (Å²) in [4.78, 5) is 0. The lowest BCUT2D eigenvalue weighted by atomic mass is 9.97. The summed E-state index contributed by atoms with van der Waals surface area (Å²) < 4.78 is 1.07. The first-order chi connectivity index (χ1) is 6.60. The van der Waals surface area contributed by atoms with E-state index in [4.69, 9.17) is 23.2 Å². The van der Waals surface area contributed by atoms with Crippen LogP contribution in [0.3, 0.4) is 0 Å². The SMILES string of the molecule is CCC(C)c1cc(CCl)c(Cl)cc1Br. The molecular formula is C11H13BrCl2. The number of rotatable bonds is 3. The highest BCUT2D eigenvalue weighted by atomic mass is 79.9. The number of alkyl halides is 1. The van der Waals surface area contributed by atoms with Gasteiger partial charge in [-0.15, -0.1) is 11.6 Å². The minimum atomic E-state index is 0.468. The summed E-state index contributed by atoms with van der Waals surface area (Å²) >= 11 is 15.4. The first-order valence-corrected chi connectivity index (χ1v) is 6.34. The summed E-state index contributed by atoms with van der Waals surface area (Å²) in [6, 6.07) is 4.02. The van der Waals surface area contributed by atoms with Crippen molar-refractivity contribution in [1.29, 1.82) is 0 Å². The minimum Gasteiger partial charge on any atom is -0.121 e. The van der Waals surface area contributed by atoms with Gasteiger partial charge in [0.05, 0.1) is 0 Å². The van der Waals surface area contributed by atoms with Gasteiger partial charge in [-0.2, -0.15) is 0 Å². The summed E-state index contributed by atoms with van der Waals surface area (Å²) in [6.45, 7) is 4.37. The molecule has 0 heterocycles. The van der Waals surface area contributed by atoms with E-state index in [0.717, 1.165) is 21.5 Å². The molecule has 0 N–H and O–H groups in total. The van der Waals surface area contributed by atoms with Crippen LogP contribution in [0, 0.1) is 0 Å². The van der Waals surface area contributed by atoms with Gasteiger partial charge in [0.25, 0.3) is 0 Å². The Balaban J connectivity index is 3.17.